The van der Waals surface area contributed by atoms with Crippen LogP contribution in [0.1, 0.15) is 11.1 Å². The van der Waals surface area contributed by atoms with Crippen molar-refractivity contribution in [2.24, 2.45) is 5.10 Å². The predicted molar refractivity (Wildman–Crippen MR) is 96.6 cm³/mol. The minimum absolute atomic E-state index is 0.181. The zero-order valence-electron chi connectivity index (χ0n) is 13.8. The smallest absolute Gasteiger partial charge is 0.462 e. The normalized spacial score (nSPS) is 13.0. The monoisotopic (exact) mass is 520 g/mol. The average Bonchev–Trinajstić information content (AvgIpc) is 2.61. The van der Waals surface area contributed by atoms with Gasteiger partial charge in [-0.3, -0.25) is 0 Å². The molecule has 0 amide bonds. The lowest BCUT2D eigenvalue weighted by Crippen LogP contribution is -2.58. The molecule has 152 valence electrons. The fraction of sp³-hybridized carbons (Fsp3) is 0.235. The van der Waals surface area contributed by atoms with Crippen LogP contribution in [0.15, 0.2) is 53.6 Å². The Morgan fingerprint density at radius 1 is 0.893 bits per heavy atom. The van der Waals surface area contributed by atoms with Crippen LogP contribution >= 0.6 is 22.6 Å². The lowest BCUT2D eigenvalue weighted by atomic mass is 10.2. The van der Waals surface area contributed by atoms with Gasteiger partial charge < -0.3 is 4.74 Å². The molecule has 1 N–H and O–H groups in total. The first-order valence-corrected chi connectivity index (χ1v) is 8.60. The van der Waals surface area contributed by atoms with E-state index >= 15 is 0 Å². The van der Waals surface area contributed by atoms with Crippen LogP contribution in [0, 0.1) is 3.57 Å². The Labute approximate surface area is 168 Å². The van der Waals surface area contributed by atoms with Gasteiger partial charge in [-0.2, -0.15) is 35.8 Å². The number of rotatable bonds is 7. The molecule has 0 aliphatic rings. The summed E-state index contributed by atoms with van der Waals surface area (Å²) >= 11 is 2.16. The molecular formula is C17H12F7IN2O. The van der Waals surface area contributed by atoms with Crippen LogP contribution in [0.4, 0.5) is 30.7 Å². The Morgan fingerprint density at radius 3 is 2.00 bits per heavy atom. The van der Waals surface area contributed by atoms with Crippen molar-refractivity contribution in [2.45, 2.75) is 24.8 Å². The molecule has 0 aromatic heterocycles. The molecule has 0 fully saturated rings. The molecule has 11 heteroatoms. The van der Waals surface area contributed by atoms with Crippen LogP contribution in [-0.2, 0) is 6.61 Å². The second kappa shape index (κ2) is 8.53. The van der Waals surface area contributed by atoms with Gasteiger partial charge in [0.25, 0.3) is 0 Å². The highest BCUT2D eigenvalue weighted by Crippen LogP contribution is 2.44. The maximum Gasteiger partial charge on any atom is 0.462 e. The van der Waals surface area contributed by atoms with Crippen molar-refractivity contribution in [3.05, 3.63) is 63.2 Å². The van der Waals surface area contributed by atoms with Gasteiger partial charge in [-0.05, 0) is 70.1 Å². The fourth-order valence-electron chi connectivity index (χ4n) is 1.83. The predicted octanol–water partition coefficient (Wildman–Crippen LogP) is 5.58. The summed E-state index contributed by atoms with van der Waals surface area (Å²) < 4.78 is 94.1. The maximum absolute atomic E-state index is 13.0. The molecule has 0 unspecified atom stereocenters. The van der Waals surface area contributed by atoms with Gasteiger partial charge in [0.05, 0.1) is 6.21 Å². The average molecular weight is 520 g/mol. The van der Waals surface area contributed by atoms with Crippen LogP contribution in [0.3, 0.4) is 0 Å². The summed E-state index contributed by atoms with van der Waals surface area (Å²) in [7, 11) is 0. The number of hydrazone groups is 1. The van der Waals surface area contributed by atoms with E-state index in [4.69, 9.17) is 4.74 Å². The second-order valence-corrected chi connectivity index (χ2v) is 6.75. The first kappa shape index (κ1) is 22.2. The summed E-state index contributed by atoms with van der Waals surface area (Å²) in [5.74, 6) is -5.83. The third-order valence-electron chi connectivity index (χ3n) is 3.37. The highest BCUT2D eigenvalue weighted by atomic mass is 127. The van der Waals surface area contributed by atoms with Crippen LogP contribution in [-0.4, -0.2) is 24.4 Å². The third kappa shape index (κ3) is 5.49. The third-order valence-corrected chi connectivity index (χ3v) is 4.09. The van der Waals surface area contributed by atoms with Crippen LogP contribution in [0.25, 0.3) is 0 Å². The molecule has 0 aliphatic carbocycles. The van der Waals surface area contributed by atoms with Crippen molar-refractivity contribution in [1.82, 2.24) is 5.43 Å². The van der Waals surface area contributed by atoms with E-state index < -0.39 is 18.1 Å². The largest absolute Gasteiger partial charge is 0.489 e. The molecule has 0 bridgehead atoms. The minimum atomic E-state index is -6.42. The molecule has 0 saturated carbocycles. The SMILES string of the molecule is FC(F)(F)C(F)(F)C(F)(F)N/N=C/c1ccc(OCc2ccc(I)cc2)cc1. The van der Waals surface area contributed by atoms with Crippen molar-refractivity contribution in [2.75, 3.05) is 0 Å². The van der Waals surface area contributed by atoms with Gasteiger partial charge in [-0.25, -0.2) is 5.43 Å². The van der Waals surface area contributed by atoms with Gasteiger partial charge in [0.2, 0.25) is 0 Å². The lowest BCUT2D eigenvalue weighted by Gasteiger charge is -2.27. The molecular weight excluding hydrogens is 508 g/mol. The number of ether oxygens (including phenoxy) is 1. The number of hydrogen-bond acceptors (Lipinski definition) is 3. The topological polar surface area (TPSA) is 33.6 Å². The Balaban J connectivity index is 1.93. The number of nitrogens with zero attached hydrogens (tertiary/aromatic N) is 1. The van der Waals surface area contributed by atoms with E-state index in [1.54, 1.807) is 0 Å². The van der Waals surface area contributed by atoms with Gasteiger partial charge in [-0.1, -0.05) is 12.1 Å². The zero-order chi connectivity index (χ0) is 21.0. The van der Waals surface area contributed by atoms with Crippen LogP contribution in [0.5, 0.6) is 5.75 Å². The maximum atomic E-state index is 13.0. The number of alkyl halides is 7. The van der Waals surface area contributed by atoms with Gasteiger partial charge >= 0.3 is 18.1 Å². The first-order chi connectivity index (χ1) is 12.9. The number of nitrogens with one attached hydrogen (secondary N) is 1. The Bertz CT molecular complexity index is 806. The molecule has 0 aliphatic heterocycles. The minimum Gasteiger partial charge on any atom is -0.489 e. The van der Waals surface area contributed by atoms with Crippen molar-refractivity contribution in [3.63, 3.8) is 0 Å². The van der Waals surface area contributed by atoms with Crippen LogP contribution < -0.4 is 10.2 Å². The highest BCUT2D eigenvalue weighted by Gasteiger charge is 2.73. The Hall–Kier alpha value is -2.05. The molecule has 0 spiro atoms. The highest BCUT2D eigenvalue weighted by molar-refractivity contribution is 14.1. The van der Waals surface area contributed by atoms with E-state index in [2.05, 4.69) is 27.7 Å². The number of halogens is 8. The number of benzene rings is 2. The van der Waals surface area contributed by atoms with E-state index in [1.165, 1.54) is 24.3 Å². The summed E-state index contributed by atoms with van der Waals surface area (Å²) in [5.41, 5.74) is 1.65. The quantitative estimate of drug-likeness (QED) is 0.170. The van der Waals surface area contributed by atoms with E-state index in [-0.39, 0.29) is 12.2 Å². The summed E-state index contributed by atoms with van der Waals surface area (Å²) in [4.78, 5) is 0. The van der Waals surface area contributed by atoms with E-state index in [1.807, 2.05) is 24.3 Å². The molecule has 0 atom stereocenters. The van der Waals surface area contributed by atoms with Gasteiger partial charge in [0.15, 0.2) is 0 Å². The van der Waals surface area contributed by atoms with Crippen molar-refractivity contribution < 1.29 is 35.5 Å². The zero-order valence-corrected chi connectivity index (χ0v) is 15.9. The molecule has 2 aromatic rings. The summed E-state index contributed by atoms with van der Waals surface area (Å²) in [5, 5.41) is 2.78. The fourth-order valence-corrected chi connectivity index (χ4v) is 2.19. The first-order valence-electron chi connectivity index (χ1n) is 7.52. The summed E-state index contributed by atoms with van der Waals surface area (Å²) in [6.45, 7) is 0.282. The molecule has 2 aromatic carbocycles. The molecule has 0 radical (unpaired) electrons. The van der Waals surface area contributed by atoms with Gasteiger partial charge in [0.1, 0.15) is 12.4 Å². The molecule has 2 rings (SSSR count). The standard InChI is InChI=1S/C17H12F7IN2O/c18-15(19,16(20,21)22)17(23,24)27-26-9-11-3-7-14(8-4-11)28-10-12-1-5-13(25)6-2-12/h1-9,27H,10H2/b26-9+. The Morgan fingerprint density at radius 2 is 1.46 bits per heavy atom. The van der Waals surface area contributed by atoms with Gasteiger partial charge in [0, 0.05) is 3.57 Å². The second-order valence-electron chi connectivity index (χ2n) is 5.50. The van der Waals surface area contributed by atoms with Crippen molar-refractivity contribution in [1.29, 1.82) is 0 Å². The summed E-state index contributed by atoms with van der Waals surface area (Å²) in [6, 6.07) is 7.65. The number of hydrogen-bond donors (Lipinski definition) is 1. The molecule has 0 heterocycles. The Kier molecular flexibility index (Phi) is 6.78. The van der Waals surface area contributed by atoms with E-state index in [0.29, 0.717) is 17.4 Å². The molecule has 3 nitrogen and oxygen atoms in total. The van der Waals surface area contributed by atoms with E-state index in [9.17, 15) is 30.7 Å². The van der Waals surface area contributed by atoms with E-state index in [0.717, 1.165) is 9.13 Å². The summed E-state index contributed by atoms with van der Waals surface area (Å²) in [6.07, 6.45) is -5.74. The van der Waals surface area contributed by atoms with Gasteiger partial charge in [-0.15, -0.1) is 0 Å². The van der Waals surface area contributed by atoms with Crippen molar-refractivity contribution >= 4 is 28.8 Å². The lowest BCUT2D eigenvalue weighted by molar-refractivity contribution is -0.361. The van der Waals surface area contributed by atoms with Crippen LogP contribution in [0.2, 0.25) is 0 Å². The van der Waals surface area contributed by atoms with Crippen molar-refractivity contribution in [3.8, 4) is 5.75 Å². The molecule has 0 saturated heterocycles. The molecule has 28 heavy (non-hydrogen) atoms.